The Balaban J connectivity index is 1.92. The van der Waals surface area contributed by atoms with Crippen molar-refractivity contribution in [3.63, 3.8) is 0 Å². The van der Waals surface area contributed by atoms with Gasteiger partial charge in [0.15, 0.2) is 12.2 Å². The summed E-state index contributed by atoms with van der Waals surface area (Å²) in [5, 5.41) is 13.2. The van der Waals surface area contributed by atoms with Gasteiger partial charge in [-0.3, -0.25) is 0 Å². The second kappa shape index (κ2) is 5.14. The van der Waals surface area contributed by atoms with E-state index < -0.39 is 30.2 Å². The van der Waals surface area contributed by atoms with Crippen molar-refractivity contribution in [2.75, 3.05) is 5.32 Å². The lowest BCUT2D eigenvalue weighted by Crippen LogP contribution is -2.47. The summed E-state index contributed by atoms with van der Waals surface area (Å²) in [6.45, 7) is 0. The Bertz CT molecular complexity index is 777. The number of benzene rings is 1. The number of hydrogen-bond acceptors (Lipinski definition) is 3. The summed E-state index contributed by atoms with van der Waals surface area (Å²) in [6.07, 6.45) is 1.75. The van der Waals surface area contributed by atoms with Crippen LogP contribution in [0.15, 0.2) is 35.6 Å². The summed E-state index contributed by atoms with van der Waals surface area (Å²) < 4.78 is 19.9. The summed E-state index contributed by atoms with van der Waals surface area (Å²) in [4.78, 5) is 11.6. The fourth-order valence-electron chi connectivity index (χ4n) is 3.53. The van der Waals surface area contributed by atoms with Gasteiger partial charge < -0.3 is 15.2 Å². The minimum atomic E-state index is -1.26. The lowest BCUT2D eigenvalue weighted by Gasteiger charge is -2.35. The minimum Gasteiger partial charge on any atom is -0.488 e. The van der Waals surface area contributed by atoms with E-state index in [1.54, 1.807) is 24.3 Å². The lowest BCUT2D eigenvalue weighted by atomic mass is 9.79. The molecule has 7 heteroatoms. The van der Waals surface area contributed by atoms with Crippen molar-refractivity contribution in [1.82, 2.24) is 0 Å². The average Bonchev–Trinajstić information content (AvgIpc) is 2.86. The fourth-order valence-corrected chi connectivity index (χ4v) is 4.14. The van der Waals surface area contributed by atoms with Crippen LogP contribution in [0.2, 0.25) is 10.0 Å². The number of anilines is 1. The van der Waals surface area contributed by atoms with Crippen LogP contribution in [0, 0.1) is 0 Å². The van der Waals surface area contributed by atoms with Gasteiger partial charge >= 0.3 is 5.97 Å². The van der Waals surface area contributed by atoms with E-state index >= 15 is 0 Å². The first kappa shape index (κ1) is 14.8. The van der Waals surface area contributed by atoms with Gasteiger partial charge in [-0.1, -0.05) is 35.4 Å². The standard InChI is InChI=1S/C16H12Cl2FNO3/c17-6-4-8(18)12-10(5-6)20-13(16(21)22)15-11(12)7-2-1-3-9(19)14(7)23-15/h1-2,4-5,9,11,13,15,20H,3H2,(H,21,22). The Morgan fingerprint density at radius 2 is 2.17 bits per heavy atom. The largest absolute Gasteiger partial charge is 0.488 e. The molecular weight excluding hydrogens is 344 g/mol. The quantitative estimate of drug-likeness (QED) is 0.801. The first-order valence-electron chi connectivity index (χ1n) is 7.17. The SMILES string of the molecule is O=C(O)C1Nc2cc(Cl)cc(Cl)c2C2C3=C(OC12)C(F)CC=C3. The highest BCUT2D eigenvalue weighted by Crippen LogP contribution is 2.52. The second-order valence-corrected chi connectivity index (χ2v) is 6.64. The Hall–Kier alpha value is -1.72. The maximum Gasteiger partial charge on any atom is 0.330 e. The van der Waals surface area contributed by atoms with Crippen LogP contribution < -0.4 is 5.32 Å². The van der Waals surface area contributed by atoms with Crippen molar-refractivity contribution in [3.8, 4) is 0 Å². The smallest absolute Gasteiger partial charge is 0.330 e. The lowest BCUT2D eigenvalue weighted by molar-refractivity contribution is -0.140. The molecule has 2 heterocycles. The molecule has 0 spiro atoms. The molecule has 0 radical (unpaired) electrons. The van der Waals surface area contributed by atoms with E-state index in [-0.39, 0.29) is 12.2 Å². The Morgan fingerprint density at radius 1 is 1.39 bits per heavy atom. The zero-order valence-electron chi connectivity index (χ0n) is 11.7. The molecule has 120 valence electrons. The van der Waals surface area contributed by atoms with Gasteiger partial charge in [0.2, 0.25) is 0 Å². The summed E-state index contributed by atoms with van der Waals surface area (Å²) in [7, 11) is 0. The molecular formula is C16H12Cl2FNO3. The van der Waals surface area contributed by atoms with E-state index in [9.17, 15) is 14.3 Å². The van der Waals surface area contributed by atoms with Gasteiger partial charge in [-0.2, -0.15) is 0 Å². The molecule has 1 aliphatic carbocycles. The topological polar surface area (TPSA) is 58.6 Å². The van der Waals surface area contributed by atoms with Crippen LogP contribution in [-0.2, 0) is 9.53 Å². The number of carboxylic acids is 1. The molecule has 4 nitrogen and oxygen atoms in total. The van der Waals surface area contributed by atoms with E-state index in [1.165, 1.54) is 0 Å². The molecule has 4 rings (SSSR count). The molecule has 4 unspecified atom stereocenters. The fraction of sp³-hybridized carbons (Fsp3) is 0.312. The van der Waals surface area contributed by atoms with E-state index in [0.717, 1.165) is 0 Å². The van der Waals surface area contributed by atoms with Crippen LogP contribution in [0.3, 0.4) is 0 Å². The molecule has 2 N–H and O–H groups in total. The summed E-state index contributed by atoms with van der Waals surface area (Å²) >= 11 is 12.4. The minimum absolute atomic E-state index is 0.217. The van der Waals surface area contributed by atoms with Crippen LogP contribution in [0.1, 0.15) is 17.9 Å². The first-order chi connectivity index (χ1) is 11.0. The number of hydrogen-bond donors (Lipinski definition) is 2. The molecule has 1 aromatic rings. The number of aliphatic carboxylic acids is 1. The monoisotopic (exact) mass is 355 g/mol. The molecule has 23 heavy (non-hydrogen) atoms. The van der Waals surface area contributed by atoms with Gasteiger partial charge in [0.05, 0.1) is 5.92 Å². The predicted molar refractivity (Wildman–Crippen MR) is 84.8 cm³/mol. The van der Waals surface area contributed by atoms with Crippen molar-refractivity contribution in [3.05, 3.63) is 51.2 Å². The number of carbonyl (C=O) groups is 1. The van der Waals surface area contributed by atoms with Crippen LogP contribution >= 0.6 is 23.2 Å². The molecule has 0 saturated heterocycles. The number of carboxylic acid groups (broad SMARTS) is 1. The Labute approximate surface area is 141 Å². The number of halogens is 3. The maximum absolute atomic E-state index is 14.2. The van der Waals surface area contributed by atoms with Crippen LogP contribution in [-0.4, -0.2) is 29.4 Å². The zero-order chi connectivity index (χ0) is 16.3. The van der Waals surface area contributed by atoms with E-state index in [1.807, 2.05) is 0 Å². The normalized spacial score (nSPS) is 30.9. The Morgan fingerprint density at radius 3 is 2.91 bits per heavy atom. The molecule has 4 atom stereocenters. The van der Waals surface area contributed by atoms with Crippen LogP contribution in [0.4, 0.5) is 10.1 Å². The zero-order valence-corrected chi connectivity index (χ0v) is 13.2. The third-order valence-corrected chi connectivity index (χ3v) is 4.98. The summed E-state index contributed by atoms with van der Waals surface area (Å²) in [5.74, 6) is -1.28. The molecule has 0 saturated carbocycles. The Kier molecular flexibility index (Phi) is 3.32. The second-order valence-electron chi connectivity index (χ2n) is 5.79. The van der Waals surface area contributed by atoms with Crippen LogP contribution in [0.5, 0.6) is 0 Å². The molecule has 3 aliphatic rings. The highest BCUT2D eigenvalue weighted by molar-refractivity contribution is 6.35. The highest BCUT2D eigenvalue weighted by Gasteiger charge is 2.51. The number of ether oxygens (including phenoxy) is 1. The van der Waals surface area contributed by atoms with Crippen molar-refractivity contribution in [2.45, 2.75) is 30.7 Å². The van der Waals surface area contributed by atoms with Gasteiger partial charge in [0, 0.05) is 33.3 Å². The van der Waals surface area contributed by atoms with Crippen molar-refractivity contribution in [1.29, 1.82) is 0 Å². The van der Waals surface area contributed by atoms with Gasteiger partial charge in [-0.05, 0) is 12.1 Å². The average molecular weight is 356 g/mol. The van der Waals surface area contributed by atoms with Gasteiger partial charge in [-0.15, -0.1) is 0 Å². The molecule has 0 aromatic heterocycles. The van der Waals surface area contributed by atoms with E-state index in [0.29, 0.717) is 26.9 Å². The number of fused-ring (bicyclic) bond motifs is 4. The van der Waals surface area contributed by atoms with Gasteiger partial charge in [0.25, 0.3) is 0 Å². The van der Waals surface area contributed by atoms with Crippen molar-refractivity contribution < 1.29 is 19.0 Å². The number of nitrogens with one attached hydrogen (secondary N) is 1. The maximum atomic E-state index is 14.2. The van der Waals surface area contributed by atoms with Crippen LogP contribution in [0.25, 0.3) is 0 Å². The van der Waals surface area contributed by atoms with Crippen molar-refractivity contribution >= 4 is 34.9 Å². The van der Waals surface area contributed by atoms with E-state index in [4.69, 9.17) is 27.9 Å². The predicted octanol–water partition coefficient (Wildman–Crippen LogP) is 3.91. The molecule has 0 fully saturated rings. The molecule has 0 amide bonds. The summed E-state index contributed by atoms with van der Waals surface area (Å²) in [6, 6.07) is 2.22. The highest BCUT2D eigenvalue weighted by atomic mass is 35.5. The first-order valence-corrected chi connectivity index (χ1v) is 7.92. The van der Waals surface area contributed by atoms with Gasteiger partial charge in [0.1, 0.15) is 11.9 Å². The third-order valence-electron chi connectivity index (χ3n) is 4.45. The number of allylic oxidation sites excluding steroid dienone is 3. The van der Waals surface area contributed by atoms with Gasteiger partial charge in [-0.25, -0.2) is 9.18 Å². The number of rotatable bonds is 1. The summed E-state index contributed by atoms with van der Waals surface area (Å²) in [5.41, 5.74) is 1.90. The molecule has 2 aliphatic heterocycles. The van der Waals surface area contributed by atoms with E-state index in [2.05, 4.69) is 5.32 Å². The molecule has 0 bridgehead atoms. The third kappa shape index (κ3) is 2.14. The van der Waals surface area contributed by atoms with Crippen molar-refractivity contribution in [2.24, 2.45) is 0 Å². The molecule has 1 aromatic carbocycles. The number of alkyl halides is 1.